The van der Waals surface area contributed by atoms with E-state index in [1.165, 1.54) is 0 Å². The van der Waals surface area contributed by atoms with Crippen LogP contribution in [0, 0.1) is 10.8 Å². The maximum Gasteiger partial charge on any atom is 0.0192 e. The van der Waals surface area contributed by atoms with Crippen LogP contribution in [0.2, 0.25) is 0 Å². The standard InChI is InChI=1S/C13H29N/c1-9-14(10-2)11(12(3,4)5)13(6,7)8/h11H,9-10H2,1-8H3. The molecule has 0 saturated carbocycles. The van der Waals surface area contributed by atoms with E-state index in [9.17, 15) is 0 Å². The molecule has 1 nitrogen and oxygen atoms in total. The van der Waals surface area contributed by atoms with Gasteiger partial charge in [0.25, 0.3) is 0 Å². The van der Waals surface area contributed by atoms with Gasteiger partial charge < -0.3 is 0 Å². The third-order valence-corrected chi connectivity index (χ3v) is 2.82. The molecule has 0 saturated heterocycles. The van der Waals surface area contributed by atoms with Crippen molar-refractivity contribution in [2.24, 2.45) is 10.8 Å². The molecule has 0 radical (unpaired) electrons. The zero-order valence-corrected chi connectivity index (χ0v) is 11.4. The Morgan fingerprint density at radius 3 is 1.14 bits per heavy atom. The second-order valence-electron chi connectivity index (χ2n) is 6.36. The van der Waals surface area contributed by atoms with E-state index in [4.69, 9.17) is 0 Å². The van der Waals surface area contributed by atoms with Gasteiger partial charge in [0.05, 0.1) is 0 Å². The van der Waals surface area contributed by atoms with Gasteiger partial charge in [-0.1, -0.05) is 55.4 Å². The minimum atomic E-state index is 0.351. The lowest BCUT2D eigenvalue weighted by Crippen LogP contribution is -2.51. The van der Waals surface area contributed by atoms with Crippen LogP contribution in [0.4, 0.5) is 0 Å². The topological polar surface area (TPSA) is 3.24 Å². The van der Waals surface area contributed by atoms with Crippen molar-refractivity contribution in [3.63, 3.8) is 0 Å². The van der Waals surface area contributed by atoms with E-state index < -0.39 is 0 Å². The molecule has 0 heterocycles. The van der Waals surface area contributed by atoms with Crippen LogP contribution >= 0.6 is 0 Å². The third kappa shape index (κ3) is 3.61. The highest BCUT2D eigenvalue weighted by atomic mass is 15.2. The Balaban J connectivity index is 4.91. The molecule has 0 fully saturated rings. The van der Waals surface area contributed by atoms with Crippen molar-refractivity contribution in [2.75, 3.05) is 13.1 Å². The maximum atomic E-state index is 2.58. The molecule has 0 aromatic carbocycles. The van der Waals surface area contributed by atoms with E-state index in [1.54, 1.807) is 0 Å². The molecule has 0 aromatic heterocycles. The number of hydrogen-bond donors (Lipinski definition) is 0. The van der Waals surface area contributed by atoms with Gasteiger partial charge in [-0.25, -0.2) is 0 Å². The molecule has 0 bridgehead atoms. The van der Waals surface area contributed by atoms with Crippen LogP contribution in [0.1, 0.15) is 55.4 Å². The second-order valence-corrected chi connectivity index (χ2v) is 6.36. The summed E-state index contributed by atoms with van der Waals surface area (Å²) in [5.41, 5.74) is 0.703. The van der Waals surface area contributed by atoms with Crippen LogP contribution < -0.4 is 0 Å². The Morgan fingerprint density at radius 2 is 1.07 bits per heavy atom. The van der Waals surface area contributed by atoms with Gasteiger partial charge in [0.15, 0.2) is 0 Å². The van der Waals surface area contributed by atoms with Gasteiger partial charge in [-0.2, -0.15) is 0 Å². The molecule has 0 atom stereocenters. The summed E-state index contributed by atoms with van der Waals surface area (Å²) in [6.45, 7) is 20.9. The molecule has 0 N–H and O–H groups in total. The fourth-order valence-electron chi connectivity index (χ4n) is 2.98. The fourth-order valence-corrected chi connectivity index (χ4v) is 2.98. The molecule has 0 rings (SSSR count). The van der Waals surface area contributed by atoms with Crippen LogP contribution in [0.3, 0.4) is 0 Å². The first-order valence-corrected chi connectivity index (χ1v) is 5.88. The summed E-state index contributed by atoms with van der Waals surface area (Å²) in [4.78, 5) is 2.58. The van der Waals surface area contributed by atoms with E-state index in [0.717, 1.165) is 13.1 Å². The Hall–Kier alpha value is -0.0400. The molecular weight excluding hydrogens is 170 g/mol. The predicted molar refractivity (Wildman–Crippen MR) is 65.6 cm³/mol. The van der Waals surface area contributed by atoms with Crippen LogP contribution in [-0.2, 0) is 0 Å². The molecule has 0 aromatic rings. The Kier molecular flexibility index (Phi) is 4.64. The van der Waals surface area contributed by atoms with Crippen LogP contribution in [0.25, 0.3) is 0 Å². The summed E-state index contributed by atoms with van der Waals surface area (Å²) >= 11 is 0. The van der Waals surface area contributed by atoms with Crippen molar-refractivity contribution in [3.8, 4) is 0 Å². The lowest BCUT2D eigenvalue weighted by Gasteiger charge is -2.47. The van der Waals surface area contributed by atoms with Gasteiger partial charge in [0, 0.05) is 6.04 Å². The summed E-state index contributed by atoms with van der Waals surface area (Å²) < 4.78 is 0. The Morgan fingerprint density at radius 1 is 0.786 bits per heavy atom. The molecule has 0 aliphatic rings. The van der Waals surface area contributed by atoms with E-state index in [1.807, 2.05) is 0 Å². The molecule has 1 heteroatoms. The van der Waals surface area contributed by atoms with Crippen LogP contribution in [0.15, 0.2) is 0 Å². The Bertz CT molecular complexity index is 141. The predicted octanol–water partition coefficient (Wildman–Crippen LogP) is 3.79. The summed E-state index contributed by atoms with van der Waals surface area (Å²) in [5, 5.41) is 0. The van der Waals surface area contributed by atoms with Crippen molar-refractivity contribution in [3.05, 3.63) is 0 Å². The maximum absolute atomic E-state index is 2.58. The number of hydrogen-bond acceptors (Lipinski definition) is 1. The molecule has 0 spiro atoms. The molecule has 14 heavy (non-hydrogen) atoms. The zero-order chi connectivity index (χ0) is 11.6. The quantitative estimate of drug-likeness (QED) is 0.668. The third-order valence-electron chi connectivity index (χ3n) is 2.82. The average Bonchev–Trinajstić information content (AvgIpc) is 1.94. The molecule has 86 valence electrons. The van der Waals surface area contributed by atoms with Gasteiger partial charge in [0.1, 0.15) is 0 Å². The van der Waals surface area contributed by atoms with Crippen molar-refractivity contribution in [2.45, 2.75) is 61.4 Å². The molecule has 0 aliphatic heterocycles. The van der Waals surface area contributed by atoms with Gasteiger partial charge >= 0.3 is 0 Å². The van der Waals surface area contributed by atoms with Crippen molar-refractivity contribution in [1.29, 1.82) is 0 Å². The van der Waals surface area contributed by atoms with Crippen molar-refractivity contribution in [1.82, 2.24) is 4.90 Å². The lowest BCUT2D eigenvalue weighted by molar-refractivity contribution is 0.0237. The second kappa shape index (κ2) is 4.65. The summed E-state index contributed by atoms with van der Waals surface area (Å²) in [5.74, 6) is 0. The summed E-state index contributed by atoms with van der Waals surface area (Å²) in [7, 11) is 0. The zero-order valence-electron chi connectivity index (χ0n) is 11.4. The largest absolute Gasteiger partial charge is 0.300 e. The highest BCUT2D eigenvalue weighted by Crippen LogP contribution is 2.37. The van der Waals surface area contributed by atoms with Crippen LogP contribution in [-0.4, -0.2) is 24.0 Å². The van der Waals surface area contributed by atoms with E-state index in [0.29, 0.717) is 16.9 Å². The van der Waals surface area contributed by atoms with Gasteiger partial charge in [0.2, 0.25) is 0 Å². The normalized spacial score (nSPS) is 14.1. The first kappa shape index (κ1) is 14.0. The van der Waals surface area contributed by atoms with Crippen molar-refractivity contribution < 1.29 is 0 Å². The Labute approximate surface area is 90.9 Å². The smallest absolute Gasteiger partial charge is 0.0192 e. The molecular formula is C13H29N. The highest BCUT2D eigenvalue weighted by molar-refractivity contribution is 4.91. The average molecular weight is 199 g/mol. The van der Waals surface area contributed by atoms with E-state index >= 15 is 0 Å². The minimum absolute atomic E-state index is 0.351. The van der Waals surface area contributed by atoms with Gasteiger partial charge in [-0.05, 0) is 23.9 Å². The molecule has 0 unspecified atom stereocenters. The highest BCUT2D eigenvalue weighted by Gasteiger charge is 2.37. The monoisotopic (exact) mass is 199 g/mol. The van der Waals surface area contributed by atoms with Gasteiger partial charge in [-0.15, -0.1) is 0 Å². The van der Waals surface area contributed by atoms with E-state index in [2.05, 4.69) is 60.3 Å². The lowest BCUT2D eigenvalue weighted by atomic mass is 9.71. The number of nitrogens with zero attached hydrogens (tertiary/aromatic N) is 1. The molecule has 0 aliphatic carbocycles. The number of rotatable bonds is 3. The molecule has 0 amide bonds. The van der Waals surface area contributed by atoms with Crippen LogP contribution in [0.5, 0.6) is 0 Å². The first-order chi connectivity index (χ1) is 6.14. The summed E-state index contributed by atoms with van der Waals surface area (Å²) in [6.07, 6.45) is 0. The summed E-state index contributed by atoms with van der Waals surface area (Å²) in [6, 6.07) is 0.644. The first-order valence-electron chi connectivity index (χ1n) is 5.88. The minimum Gasteiger partial charge on any atom is -0.300 e. The SMILES string of the molecule is CCN(CC)C(C(C)(C)C)C(C)(C)C. The van der Waals surface area contributed by atoms with Gasteiger partial charge in [-0.3, -0.25) is 4.90 Å². The van der Waals surface area contributed by atoms with Crippen molar-refractivity contribution >= 4 is 0 Å². The van der Waals surface area contributed by atoms with E-state index in [-0.39, 0.29) is 0 Å². The fraction of sp³-hybridized carbons (Fsp3) is 1.00.